The largest absolute Gasteiger partial charge is 0.433 e. The monoisotopic (exact) mass is 243 g/mol. The van der Waals surface area contributed by atoms with Gasteiger partial charge in [0.1, 0.15) is 5.69 Å². The number of nitrogens with one attached hydrogen (secondary N) is 1. The first-order valence-electron chi connectivity index (χ1n) is 5.01. The number of hydrogen-bond donors (Lipinski definition) is 1. The topological polar surface area (TPSA) is 49.1 Å². The molecule has 1 rings (SSSR count). The molecule has 3 nitrogen and oxygen atoms in total. The van der Waals surface area contributed by atoms with E-state index in [1.165, 1.54) is 6.07 Å². The van der Waals surface area contributed by atoms with Crippen LogP contribution in [0.1, 0.15) is 31.5 Å². The van der Waals surface area contributed by atoms with Crippen LogP contribution in [0.15, 0.2) is 23.3 Å². The average Bonchev–Trinajstić information content (AvgIpc) is 2.28. The number of aromatic nitrogens is 1. The molecule has 0 radical (unpaired) electrons. The van der Waals surface area contributed by atoms with Crippen molar-refractivity contribution in [3.8, 4) is 0 Å². The zero-order chi connectivity index (χ0) is 13.1. The van der Waals surface area contributed by atoms with Crippen LogP contribution in [0.5, 0.6) is 0 Å². The number of alkyl halides is 3. The second kappa shape index (κ2) is 5.07. The van der Waals surface area contributed by atoms with Gasteiger partial charge in [-0.3, -0.25) is 10.4 Å². The zero-order valence-electron chi connectivity index (χ0n) is 9.47. The molecular weight excluding hydrogens is 231 g/mol. The predicted molar refractivity (Wildman–Crippen MR) is 59.5 cm³/mol. The summed E-state index contributed by atoms with van der Waals surface area (Å²) in [6.45, 7) is 3.58. The highest BCUT2D eigenvalue weighted by Gasteiger charge is 2.32. The minimum Gasteiger partial charge on any atom is -0.282 e. The minimum atomic E-state index is -4.50. The molecule has 0 aliphatic heterocycles. The van der Waals surface area contributed by atoms with Gasteiger partial charge in [0, 0.05) is 17.5 Å². The maximum Gasteiger partial charge on any atom is 0.433 e. The molecule has 0 amide bonds. The molecule has 1 heterocycles. The van der Waals surface area contributed by atoms with E-state index < -0.39 is 11.9 Å². The van der Waals surface area contributed by atoms with Crippen LogP contribution in [0, 0.1) is 5.41 Å². The molecule has 0 unspecified atom stereocenters. The molecule has 0 aliphatic carbocycles. The van der Waals surface area contributed by atoms with E-state index in [1.807, 2.05) is 6.92 Å². The van der Waals surface area contributed by atoms with Gasteiger partial charge in [0.25, 0.3) is 0 Å². The first-order valence-corrected chi connectivity index (χ1v) is 5.01. The van der Waals surface area contributed by atoms with E-state index in [0.717, 1.165) is 12.3 Å². The van der Waals surface area contributed by atoms with E-state index in [4.69, 9.17) is 5.41 Å². The van der Waals surface area contributed by atoms with E-state index >= 15 is 0 Å². The Bertz CT molecular complexity index is 450. The second-order valence-electron chi connectivity index (χ2n) is 3.48. The molecule has 0 atom stereocenters. The normalized spacial score (nSPS) is 12.6. The van der Waals surface area contributed by atoms with Gasteiger partial charge >= 0.3 is 6.18 Å². The van der Waals surface area contributed by atoms with Crippen LogP contribution in [0.2, 0.25) is 0 Å². The summed E-state index contributed by atoms with van der Waals surface area (Å²) in [5.74, 6) is -0.183. The highest BCUT2D eigenvalue weighted by Crippen LogP contribution is 2.27. The van der Waals surface area contributed by atoms with Crippen LogP contribution >= 0.6 is 0 Å². The summed E-state index contributed by atoms with van der Waals surface area (Å²) in [6.07, 6.45) is -2.82. The lowest BCUT2D eigenvalue weighted by molar-refractivity contribution is -0.141. The molecule has 6 heteroatoms. The van der Waals surface area contributed by atoms with Crippen LogP contribution in [0.3, 0.4) is 0 Å². The number of halogens is 3. The predicted octanol–water partition coefficient (Wildman–Crippen LogP) is 3.30. The zero-order valence-corrected chi connectivity index (χ0v) is 9.47. The molecule has 0 spiro atoms. The van der Waals surface area contributed by atoms with Crippen LogP contribution < -0.4 is 0 Å². The molecule has 0 bridgehead atoms. The maximum atomic E-state index is 12.4. The number of rotatable bonds is 2. The Morgan fingerprint density at radius 3 is 2.65 bits per heavy atom. The molecule has 0 saturated carbocycles. The van der Waals surface area contributed by atoms with Gasteiger partial charge in [-0.15, -0.1) is 0 Å². The summed E-state index contributed by atoms with van der Waals surface area (Å²) < 4.78 is 37.2. The molecule has 92 valence electrons. The van der Waals surface area contributed by atoms with Crippen molar-refractivity contribution in [2.45, 2.75) is 26.4 Å². The molecule has 0 aromatic carbocycles. The van der Waals surface area contributed by atoms with Crippen molar-refractivity contribution in [1.29, 1.82) is 5.41 Å². The van der Waals surface area contributed by atoms with Crippen molar-refractivity contribution in [2.75, 3.05) is 0 Å². The SMILES string of the molecule is CCC(C)=NC(=N)c1ccnc(C(F)(F)F)c1. The molecule has 0 aliphatic rings. The lowest BCUT2D eigenvalue weighted by Crippen LogP contribution is -2.10. The van der Waals surface area contributed by atoms with Crippen molar-refractivity contribution in [3.63, 3.8) is 0 Å². The fraction of sp³-hybridized carbons (Fsp3) is 0.364. The second-order valence-corrected chi connectivity index (χ2v) is 3.48. The number of amidine groups is 1. The third-order valence-corrected chi connectivity index (χ3v) is 2.14. The Morgan fingerprint density at radius 1 is 1.47 bits per heavy atom. The van der Waals surface area contributed by atoms with Crippen LogP contribution in [0.4, 0.5) is 13.2 Å². The number of hydrogen-bond acceptors (Lipinski definition) is 2. The highest BCUT2D eigenvalue weighted by atomic mass is 19.4. The van der Waals surface area contributed by atoms with Gasteiger partial charge in [-0.1, -0.05) is 6.92 Å². The first kappa shape index (κ1) is 13.3. The maximum absolute atomic E-state index is 12.4. The number of pyridine rings is 1. The van der Waals surface area contributed by atoms with Gasteiger partial charge in [0.05, 0.1) is 0 Å². The highest BCUT2D eigenvalue weighted by molar-refractivity contribution is 6.04. The Balaban J connectivity index is 3.05. The average molecular weight is 243 g/mol. The summed E-state index contributed by atoms with van der Waals surface area (Å²) in [5.41, 5.74) is -0.204. The Morgan fingerprint density at radius 2 is 2.12 bits per heavy atom. The molecule has 0 saturated heterocycles. The summed E-state index contributed by atoms with van der Waals surface area (Å²) in [6, 6.07) is 2.17. The third kappa shape index (κ3) is 3.65. The van der Waals surface area contributed by atoms with E-state index in [1.54, 1.807) is 6.92 Å². The molecule has 1 N–H and O–H groups in total. The molecule has 1 aromatic heterocycles. The third-order valence-electron chi connectivity index (χ3n) is 2.14. The van der Waals surface area contributed by atoms with Crippen molar-refractivity contribution in [1.82, 2.24) is 4.98 Å². The fourth-order valence-electron chi connectivity index (χ4n) is 1.07. The quantitative estimate of drug-likeness (QED) is 0.628. The Kier molecular flexibility index (Phi) is 3.98. The van der Waals surface area contributed by atoms with Crippen LogP contribution in [-0.2, 0) is 6.18 Å². The summed E-state index contributed by atoms with van der Waals surface area (Å²) in [4.78, 5) is 7.12. The minimum absolute atomic E-state index is 0.111. The van der Waals surface area contributed by atoms with Crippen molar-refractivity contribution in [2.24, 2.45) is 4.99 Å². The van der Waals surface area contributed by atoms with Gasteiger partial charge in [0.15, 0.2) is 5.84 Å². The lowest BCUT2D eigenvalue weighted by Gasteiger charge is -2.07. The van der Waals surface area contributed by atoms with Gasteiger partial charge in [-0.25, -0.2) is 4.99 Å². The van der Waals surface area contributed by atoms with Crippen LogP contribution in [0.25, 0.3) is 0 Å². The molecule has 1 aromatic rings. The van der Waals surface area contributed by atoms with E-state index in [9.17, 15) is 13.2 Å². The fourth-order valence-corrected chi connectivity index (χ4v) is 1.07. The van der Waals surface area contributed by atoms with E-state index in [-0.39, 0.29) is 11.4 Å². The summed E-state index contributed by atoms with van der Waals surface area (Å²) >= 11 is 0. The van der Waals surface area contributed by atoms with Gasteiger partial charge in [0.2, 0.25) is 0 Å². The van der Waals surface area contributed by atoms with Crippen molar-refractivity contribution >= 4 is 11.5 Å². The molecule has 17 heavy (non-hydrogen) atoms. The van der Waals surface area contributed by atoms with Gasteiger partial charge in [-0.05, 0) is 25.5 Å². The summed E-state index contributed by atoms with van der Waals surface area (Å²) in [7, 11) is 0. The standard InChI is InChI=1S/C11H12F3N3/c1-3-7(2)17-10(15)8-4-5-16-9(6-8)11(12,13)14/h4-6,15H,3H2,1-2H3. The number of aliphatic imine (C=N–C) groups is 1. The number of nitrogens with zero attached hydrogens (tertiary/aromatic N) is 2. The smallest absolute Gasteiger partial charge is 0.282 e. The summed E-state index contributed by atoms with van der Waals surface area (Å²) in [5, 5.41) is 7.58. The van der Waals surface area contributed by atoms with E-state index in [0.29, 0.717) is 12.1 Å². The molecule has 0 fully saturated rings. The first-order chi connectivity index (χ1) is 7.84. The van der Waals surface area contributed by atoms with E-state index in [2.05, 4.69) is 9.98 Å². The molecular formula is C11H12F3N3. The Labute approximate surface area is 96.9 Å². The van der Waals surface area contributed by atoms with Crippen molar-refractivity contribution in [3.05, 3.63) is 29.6 Å². The van der Waals surface area contributed by atoms with Gasteiger partial charge in [-0.2, -0.15) is 13.2 Å². The van der Waals surface area contributed by atoms with Gasteiger partial charge < -0.3 is 0 Å². The van der Waals surface area contributed by atoms with Crippen LogP contribution in [-0.4, -0.2) is 16.5 Å². The Hall–Kier alpha value is -1.72. The lowest BCUT2D eigenvalue weighted by atomic mass is 10.2. The van der Waals surface area contributed by atoms with Crippen molar-refractivity contribution < 1.29 is 13.2 Å².